The number of aryl methyl sites for hydroxylation is 1. The van der Waals surface area contributed by atoms with Crippen molar-refractivity contribution in [3.05, 3.63) is 18.1 Å². The molecule has 1 spiro atoms. The lowest BCUT2D eigenvalue weighted by atomic mass is 9.75. The van der Waals surface area contributed by atoms with E-state index in [2.05, 4.69) is 33.0 Å². The molecule has 0 atom stereocenters. The first kappa shape index (κ1) is 12.4. The van der Waals surface area contributed by atoms with Crippen LogP contribution in [0.15, 0.2) is 12.5 Å². The number of alkyl carbamates (subject to hydrolysis) is 1. The van der Waals surface area contributed by atoms with E-state index in [9.17, 15) is 4.79 Å². The molecule has 1 saturated carbocycles. The Hall–Kier alpha value is -2.31. The van der Waals surface area contributed by atoms with Gasteiger partial charge in [-0.3, -0.25) is 0 Å². The predicted octanol–water partition coefficient (Wildman–Crippen LogP) is 1.39. The zero-order chi connectivity index (χ0) is 14.6. The van der Waals surface area contributed by atoms with Crippen LogP contribution in [0.2, 0.25) is 0 Å². The van der Waals surface area contributed by atoms with E-state index in [-0.39, 0.29) is 17.7 Å². The normalized spacial score (nSPS) is 27.7. The number of carbonyl (C=O) groups is 1. The number of amides is 1. The van der Waals surface area contributed by atoms with Gasteiger partial charge >= 0.3 is 6.09 Å². The molecule has 0 unspecified atom stereocenters. The van der Waals surface area contributed by atoms with E-state index in [0.717, 1.165) is 35.9 Å². The first-order chi connectivity index (χ1) is 10.1. The molecule has 0 radical (unpaired) electrons. The summed E-state index contributed by atoms with van der Waals surface area (Å²) in [5, 5.41) is 3.68. The Morgan fingerprint density at radius 3 is 3.00 bits per heavy atom. The van der Waals surface area contributed by atoms with E-state index in [1.165, 1.54) is 6.33 Å². The van der Waals surface area contributed by atoms with E-state index >= 15 is 0 Å². The van der Waals surface area contributed by atoms with Crippen molar-refractivity contribution in [3.8, 4) is 0 Å². The number of ether oxygens (including phenoxy) is 1. The molecule has 0 aromatic carbocycles. The van der Waals surface area contributed by atoms with Crippen LogP contribution in [-0.4, -0.2) is 32.8 Å². The van der Waals surface area contributed by atoms with Crippen LogP contribution >= 0.6 is 0 Å². The van der Waals surface area contributed by atoms with Gasteiger partial charge in [0.2, 0.25) is 0 Å². The summed E-state index contributed by atoms with van der Waals surface area (Å²) in [6.45, 7) is 2.69. The van der Waals surface area contributed by atoms with Gasteiger partial charge < -0.3 is 20.4 Å². The number of rotatable bonds is 2. The van der Waals surface area contributed by atoms with E-state index in [4.69, 9.17) is 10.5 Å². The fourth-order valence-electron chi connectivity index (χ4n) is 3.46. The Labute approximate surface area is 121 Å². The second-order valence-electron chi connectivity index (χ2n) is 5.86. The highest BCUT2D eigenvalue weighted by atomic mass is 16.6. The number of anilines is 1. The van der Waals surface area contributed by atoms with Crippen LogP contribution in [0.5, 0.6) is 0 Å². The van der Waals surface area contributed by atoms with Gasteiger partial charge in [-0.25, -0.2) is 14.8 Å². The van der Waals surface area contributed by atoms with Crippen LogP contribution in [0.4, 0.5) is 10.6 Å². The minimum Gasteiger partial charge on any atom is -0.441 e. The Balaban J connectivity index is 1.69. The minimum absolute atomic E-state index is 0.287. The van der Waals surface area contributed by atoms with Crippen molar-refractivity contribution in [2.45, 2.75) is 37.8 Å². The number of nitrogens with zero attached hydrogens (tertiary/aromatic N) is 3. The van der Waals surface area contributed by atoms with Crippen molar-refractivity contribution in [1.82, 2.24) is 19.9 Å². The summed E-state index contributed by atoms with van der Waals surface area (Å²) in [7, 11) is 0. The number of aromatic nitrogens is 3. The standard InChI is InChI=1S/C14H17N5O2/c1-2-8-5-19(12-10(8)11(15)17-7-18-12)9-3-14(4-9)6-16-13(20)21-14/h5,7,9H,2-4,6H2,1H3,(H,16,20)(H2,15,17,18). The number of hydrogen-bond acceptors (Lipinski definition) is 5. The van der Waals surface area contributed by atoms with Gasteiger partial charge in [0, 0.05) is 25.1 Å². The molecule has 3 N–H and O–H groups in total. The SMILES string of the molecule is CCc1cn(C2CC3(CNC(=O)O3)C2)c2ncnc(N)c12. The van der Waals surface area contributed by atoms with E-state index in [1.54, 1.807) is 0 Å². The Bertz CT molecular complexity index is 732. The third-order valence-corrected chi connectivity index (χ3v) is 4.57. The molecule has 2 aliphatic rings. The third kappa shape index (κ3) is 1.69. The van der Waals surface area contributed by atoms with Crippen molar-refractivity contribution in [2.24, 2.45) is 0 Å². The quantitative estimate of drug-likeness (QED) is 0.870. The molecule has 3 heterocycles. The predicted molar refractivity (Wildman–Crippen MR) is 76.8 cm³/mol. The smallest absolute Gasteiger partial charge is 0.407 e. The zero-order valence-electron chi connectivity index (χ0n) is 11.8. The fourth-order valence-corrected chi connectivity index (χ4v) is 3.46. The van der Waals surface area contributed by atoms with Gasteiger partial charge in [0.25, 0.3) is 0 Å². The molecule has 4 rings (SSSR count). The molecule has 1 aliphatic heterocycles. The Morgan fingerprint density at radius 2 is 2.33 bits per heavy atom. The van der Waals surface area contributed by atoms with Crippen molar-refractivity contribution < 1.29 is 9.53 Å². The van der Waals surface area contributed by atoms with Crippen LogP contribution in [0, 0.1) is 0 Å². The molecule has 1 saturated heterocycles. The summed E-state index contributed by atoms with van der Waals surface area (Å²) in [6, 6.07) is 0.287. The lowest BCUT2D eigenvalue weighted by molar-refractivity contribution is -0.0395. The number of hydrogen-bond donors (Lipinski definition) is 2. The molecule has 7 nitrogen and oxygen atoms in total. The van der Waals surface area contributed by atoms with Crippen LogP contribution in [0.25, 0.3) is 11.0 Å². The first-order valence-corrected chi connectivity index (χ1v) is 7.18. The van der Waals surface area contributed by atoms with Crippen LogP contribution < -0.4 is 11.1 Å². The number of nitrogen functional groups attached to an aromatic ring is 1. The maximum Gasteiger partial charge on any atom is 0.407 e. The summed E-state index contributed by atoms with van der Waals surface area (Å²) < 4.78 is 7.54. The highest BCUT2D eigenvalue weighted by Crippen LogP contribution is 2.47. The average molecular weight is 287 g/mol. The number of carbonyl (C=O) groups excluding carboxylic acids is 1. The van der Waals surface area contributed by atoms with Gasteiger partial charge in [0.05, 0.1) is 11.9 Å². The molecule has 7 heteroatoms. The Kier molecular flexibility index (Phi) is 2.42. The van der Waals surface area contributed by atoms with Gasteiger partial charge in [-0.2, -0.15) is 0 Å². The van der Waals surface area contributed by atoms with Crippen LogP contribution in [0.1, 0.15) is 31.4 Å². The van der Waals surface area contributed by atoms with Gasteiger partial charge in [0.1, 0.15) is 23.4 Å². The first-order valence-electron chi connectivity index (χ1n) is 7.18. The summed E-state index contributed by atoms with van der Waals surface area (Å²) >= 11 is 0. The van der Waals surface area contributed by atoms with Gasteiger partial charge in [-0.05, 0) is 12.0 Å². The molecule has 2 aromatic rings. The largest absolute Gasteiger partial charge is 0.441 e. The molecule has 21 heavy (non-hydrogen) atoms. The van der Waals surface area contributed by atoms with Crippen molar-refractivity contribution in [2.75, 3.05) is 12.3 Å². The highest BCUT2D eigenvalue weighted by Gasteiger charge is 2.52. The molecular weight excluding hydrogens is 270 g/mol. The average Bonchev–Trinajstić information content (AvgIpc) is 2.99. The lowest BCUT2D eigenvalue weighted by Crippen LogP contribution is -2.47. The molecule has 2 aromatic heterocycles. The van der Waals surface area contributed by atoms with Crippen LogP contribution in [-0.2, 0) is 11.2 Å². The molecule has 110 valence electrons. The number of fused-ring (bicyclic) bond motifs is 1. The second kappa shape index (κ2) is 4.09. The molecular formula is C14H17N5O2. The molecule has 1 aliphatic carbocycles. The topological polar surface area (TPSA) is 95.1 Å². The van der Waals surface area contributed by atoms with Crippen molar-refractivity contribution in [1.29, 1.82) is 0 Å². The summed E-state index contributed by atoms with van der Waals surface area (Å²) in [4.78, 5) is 19.7. The minimum atomic E-state index is -0.330. The third-order valence-electron chi connectivity index (χ3n) is 4.57. The van der Waals surface area contributed by atoms with Crippen LogP contribution in [0.3, 0.4) is 0 Å². The summed E-state index contributed by atoms with van der Waals surface area (Å²) in [5.74, 6) is 0.526. The fraction of sp³-hybridized carbons (Fsp3) is 0.500. The monoisotopic (exact) mass is 287 g/mol. The molecule has 0 bridgehead atoms. The van der Waals surface area contributed by atoms with Crippen molar-refractivity contribution >= 4 is 22.9 Å². The van der Waals surface area contributed by atoms with Crippen molar-refractivity contribution in [3.63, 3.8) is 0 Å². The van der Waals surface area contributed by atoms with Gasteiger partial charge in [0.15, 0.2) is 0 Å². The number of nitrogens with one attached hydrogen (secondary N) is 1. The van der Waals surface area contributed by atoms with Gasteiger partial charge in [-0.1, -0.05) is 6.92 Å². The summed E-state index contributed by atoms with van der Waals surface area (Å²) in [6.07, 6.45) is 5.80. The molecule has 2 fully saturated rings. The maximum absolute atomic E-state index is 11.2. The maximum atomic E-state index is 11.2. The zero-order valence-corrected chi connectivity index (χ0v) is 11.8. The summed E-state index contributed by atoms with van der Waals surface area (Å²) in [5.41, 5.74) is 7.70. The van der Waals surface area contributed by atoms with E-state index in [0.29, 0.717) is 12.4 Å². The highest BCUT2D eigenvalue weighted by molar-refractivity contribution is 5.90. The van der Waals surface area contributed by atoms with Gasteiger partial charge in [-0.15, -0.1) is 0 Å². The lowest BCUT2D eigenvalue weighted by Gasteiger charge is -2.43. The second-order valence-corrected chi connectivity index (χ2v) is 5.86. The van der Waals surface area contributed by atoms with E-state index < -0.39 is 0 Å². The number of nitrogens with two attached hydrogens (primary N) is 1. The molecule has 1 amide bonds. The van der Waals surface area contributed by atoms with E-state index in [1.807, 2.05) is 0 Å². The Morgan fingerprint density at radius 1 is 1.52 bits per heavy atom.